The molecule has 7 heteroatoms. The highest BCUT2D eigenvalue weighted by molar-refractivity contribution is 5.82. The summed E-state index contributed by atoms with van der Waals surface area (Å²) in [5.41, 5.74) is 2.19. The summed E-state index contributed by atoms with van der Waals surface area (Å²) in [4.78, 5) is 34.5. The van der Waals surface area contributed by atoms with Gasteiger partial charge in [-0.3, -0.25) is 9.69 Å². The Kier molecular flexibility index (Phi) is 7.69. The minimum Gasteiger partial charge on any atom is -0.467 e. The van der Waals surface area contributed by atoms with Crippen LogP contribution in [0.25, 0.3) is 11.0 Å². The van der Waals surface area contributed by atoms with Gasteiger partial charge < -0.3 is 14.6 Å². The van der Waals surface area contributed by atoms with E-state index in [2.05, 4.69) is 10.2 Å². The third-order valence-electron chi connectivity index (χ3n) is 9.27. The van der Waals surface area contributed by atoms with Gasteiger partial charge in [-0.2, -0.15) is 0 Å². The monoisotopic (exact) mass is 528 g/mol. The molecule has 0 spiro atoms. The zero-order valence-corrected chi connectivity index (χ0v) is 22.9. The summed E-state index contributed by atoms with van der Waals surface area (Å²) >= 11 is 0. The van der Waals surface area contributed by atoms with E-state index in [1.807, 2.05) is 59.2 Å². The highest BCUT2D eigenvalue weighted by Crippen LogP contribution is 2.44. The Hall–Kier alpha value is -3.19. The molecule has 1 saturated carbocycles. The number of nitrogens with one attached hydrogen (secondary N) is 1. The standard InChI is InChI=1S/C32H40N4O3/c1-39-32(38)29(22-12-6-5-7-13-22)34-30-31(37)36(28-17-11-10-16-27(28)33-30)26-20-24-18-19-25(21-26)35(24)23-14-8-3-2-4-9-15-23/h5-7,10-13,16-17,23-26,29H,2-4,8-9,14-15,18-21H2,1H3,(H,33,34)/t24-,25+,26?,29-/m0/s1. The van der Waals surface area contributed by atoms with Crippen molar-refractivity contribution >= 4 is 22.8 Å². The van der Waals surface area contributed by atoms with Gasteiger partial charge in [0.25, 0.3) is 5.56 Å². The fourth-order valence-corrected chi connectivity index (χ4v) is 7.51. The molecule has 3 aromatic rings. The van der Waals surface area contributed by atoms with Gasteiger partial charge in [0.2, 0.25) is 0 Å². The van der Waals surface area contributed by atoms with Gasteiger partial charge in [0.05, 0.1) is 18.1 Å². The number of nitrogens with zero attached hydrogens (tertiary/aromatic N) is 3. The van der Waals surface area contributed by atoms with Gasteiger partial charge in [-0.25, -0.2) is 9.78 Å². The number of hydrogen-bond donors (Lipinski definition) is 1. The average molecular weight is 529 g/mol. The molecule has 0 amide bonds. The molecule has 3 aliphatic rings. The number of methoxy groups -OCH3 is 1. The summed E-state index contributed by atoms with van der Waals surface area (Å²) in [6.07, 6.45) is 13.9. The van der Waals surface area contributed by atoms with Crippen molar-refractivity contribution in [2.24, 2.45) is 0 Å². The SMILES string of the molecule is COC(=O)[C@@H](Nc1nc2ccccc2n(C2C[C@H]3CC[C@@H](C2)N3C2CCCCCCC2)c1=O)c1ccccc1. The van der Waals surface area contributed by atoms with Gasteiger partial charge >= 0.3 is 5.97 Å². The second-order valence-corrected chi connectivity index (χ2v) is 11.6. The average Bonchev–Trinajstić information content (AvgIpc) is 3.20. The van der Waals surface area contributed by atoms with Crippen LogP contribution in [-0.2, 0) is 9.53 Å². The van der Waals surface area contributed by atoms with E-state index in [0.717, 1.165) is 29.4 Å². The molecular formula is C32H40N4O3. The second-order valence-electron chi connectivity index (χ2n) is 11.6. The minimum absolute atomic E-state index is 0.113. The lowest BCUT2D eigenvalue weighted by atomic mass is 9.89. The van der Waals surface area contributed by atoms with Crippen LogP contribution in [0.5, 0.6) is 0 Å². The Balaban J connectivity index is 1.33. The molecule has 1 N–H and O–H groups in total. The molecule has 3 heterocycles. The van der Waals surface area contributed by atoms with E-state index < -0.39 is 12.0 Å². The molecule has 39 heavy (non-hydrogen) atoms. The fourth-order valence-electron chi connectivity index (χ4n) is 7.51. The molecule has 2 aliphatic heterocycles. The van der Waals surface area contributed by atoms with Crippen molar-refractivity contribution in [3.05, 3.63) is 70.5 Å². The Morgan fingerprint density at radius 2 is 1.49 bits per heavy atom. The fraction of sp³-hybridized carbons (Fsp3) is 0.531. The van der Waals surface area contributed by atoms with Crippen LogP contribution in [0.1, 0.15) is 88.3 Å². The second kappa shape index (κ2) is 11.5. The number of rotatable bonds is 6. The first kappa shape index (κ1) is 26.1. The normalized spacial score (nSPS) is 25.1. The summed E-state index contributed by atoms with van der Waals surface area (Å²) in [6, 6.07) is 18.3. The summed E-state index contributed by atoms with van der Waals surface area (Å²) in [6.45, 7) is 0. The van der Waals surface area contributed by atoms with Crippen LogP contribution < -0.4 is 10.9 Å². The number of esters is 1. The van der Waals surface area contributed by atoms with Crippen LogP contribution in [-0.4, -0.2) is 45.7 Å². The van der Waals surface area contributed by atoms with Crippen LogP contribution in [0.3, 0.4) is 0 Å². The lowest BCUT2D eigenvalue weighted by Gasteiger charge is -2.45. The molecule has 3 fully saturated rings. The number of para-hydroxylation sites is 2. The first-order chi connectivity index (χ1) is 19.1. The van der Waals surface area contributed by atoms with E-state index in [-0.39, 0.29) is 17.4 Å². The molecule has 1 aliphatic carbocycles. The van der Waals surface area contributed by atoms with E-state index in [0.29, 0.717) is 18.1 Å². The predicted octanol–water partition coefficient (Wildman–Crippen LogP) is 6.00. The lowest BCUT2D eigenvalue weighted by molar-refractivity contribution is -0.141. The van der Waals surface area contributed by atoms with E-state index in [9.17, 15) is 9.59 Å². The number of benzene rings is 2. The third kappa shape index (κ3) is 5.21. The Morgan fingerprint density at radius 3 is 2.18 bits per heavy atom. The van der Waals surface area contributed by atoms with Crippen LogP contribution in [0, 0.1) is 0 Å². The Labute approximate surface area is 230 Å². The number of ether oxygens (including phenoxy) is 1. The molecular weight excluding hydrogens is 488 g/mol. The van der Waals surface area contributed by atoms with Gasteiger partial charge in [-0.05, 0) is 56.2 Å². The van der Waals surface area contributed by atoms with E-state index in [4.69, 9.17) is 9.72 Å². The minimum atomic E-state index is -0.816. The van der Waals surface area contributed by atoms with Gasteiger partial charge in [0.1, 0.15) is 0 Å². The molecule has 0 radical (unpaired) electrons. The first-order valence-corrected chi connectivity index (χ1v) is 14.8. The number of anilines is 1. The van der Waals surface area contributed by atoms with E-state index in [1.54, 1.807) is 0 Å². The van der Waals surface area contributed by atoms with Crippen LogP contribution in [0.2, 0.25) is 0 Å². The van der Waals surface area contributed by atoms with Crippen molar-refractivity contribution in [3.63, 3.8) is 0 Å². The zero-order valence-electron chi connectivity index (χ0n) is 22.9. The molecule has 2 saturated heterocycles. The summed E-state index contributed by atoms with van der Waals surface area (Å²) in [5.74, 6) is -0.254. The number of hydrogen-bond acceptors (Lipinski definition) is 6. The van der Waals surface area contributed by atoms with E-state index in [1.165, 1.54) is 64.9 Å². The van der Waals surface area contributed by atoms with Gasteiger partial charge in [-0.15, -0.1) is 0 Å². The van der Waals surface area contributed by atoms with Crippen molar-refractivity contribution in [2.75, 3.05) is 12.4 Å². The van der Waals surface area contributed by atoms with Crippen molar-refractivity contribution in [1.82, 2.24) is 14.5 Å². The Morgan fingerprint density at radius 1 is 0.846 bits per heavy atom. The third-order valence-corrected chi connectivity index (χ3v) is 9.27. The lowest BCUT2D eigenvalue weighted by Crippen LogP contribution is -2.50. The number of carbonyl (C=O) groups excluding carboxylic acids is 1. The molecule has 2 aromatic carbocycles. The van der Waals surface area contributed by atoms with Crippen molar-refractivity contribution in [3.8, 4) is 0 Å². The van der Waals surface area contributed by atoms with Crippen LogP contribution in [0.15, 0.2) is 59.4 Å². The molecule has 6 rings (SSSR count). The highest BCUT2D eigenvalue weighted by atomic mass is 16.5. The number of aromatic nitrogens is 2. The topological polar surface area (TPSA) is 76.5 Å². The Bertz CT molecular complexity index is 1330. The molecule has 2 bridgehead atoms. The number of piperidine rings is 1. The predicted molar refractivity (Wildman–Crippen MR) is 154 cm³/mol. The number of fused-ring (bicyclic) bond motifs is 3. The molecule has 4 atom stereocenters. The summed E-state index contributed by atoms with van der Waals surface area (Å²) < 4.78 is 7.07. The van der Waals surface area contributed by atoms with Crippen molar-refractivity contribution in [2.45, 2.75) is 101 Å². The molecule has 1 unspecified atom stereocenters. The van der Waals surface area contributed by atoms with Crippen molar-refractivity contribution < 1.29 is 9.53 Å². The zero-order chi connectivity index (χ0) is 26.8. The molecule has 206 valence electrons. The maximum absolute atomic E-state index is 14.1. The quantitative estimate of drug-likeness (QED) is 0.395. The van der Waals surface area contributed by atoms with Gasteiger partial charge in [-0.1, -0.05) is 74.6 Å². The van der Waals surface area contributed by atoms with E-state index >= 15 is 0 Å². The van der Waals surface area contributed by atoms with Crippen LogP contribution >= 0.6 is 0 Å². The first-order valence-electron chi connectivity index (χ1n) is 14.8. The summed E-state index contributed by atoms with van der Waals surface area (Å²) in [5, 5.41) is 3.17. The molecule has 1 aromatic heterocycles. The molecule has 7 nitrogen and oxygen atoms in total. The van der Waals surface area contributed by atoms with Gasteiger partial charge in [0, 0.05) is 24.2 Å². The number of carbonyl (C=O) groups is 1. The van der Waals surface area contributed by atoms with Crippen molar-refractivity contribution in [1.29, 1.82) is 0 Å². The summed E-state index contributed by atoms with van der Waals surface area (Å²) in [7, 11) is 1.37. The van der Waals surface area contributed by atoms with Gasteiger partial charge in [0.15, 0.2) is 11.9 Å². The largest absolute Gasteiger partial charge is 0.467 e. The van der Waals surface area contributed by atoms with Crippen LogP contribution in [0.4, 0.5) is 5.82 Å². The maximum atomic E-state index is 14.1. The highest BCUT2D eigenvalue weighted by Gasteiger charge is 2.44. The maximum Gasteiger partial charge on any atom is 0.333 e. The smallest absolute Gasteiger partial charge is 0.333 e.